The minimum Gasteiger partial charge on any atom is -0.497 e. The summed E-state index contributed by atoms with van der Waals surface area (Å²) in [6.07, 6.45) is 2.29. The van der Waals surface area contributed by atoms with Crippen molar-refractivity contribution in [3.63, 3.8) is 0 Å². The highest BCUT2D eigenvalue weighted by Gasteiger charge is 2.22. The fraction of sp³-hybridized carbons (Fsp3) is 0.467. The molecule has 0 aliphatic heterocycles. The maximum atomic E-state index is 5.16. The highest BCUT2D eigenvalue weighted by atomic mass is 28.3. The maximum Gasteiger partial charge on any atom is 0.118 e. The number of methoxy groups -OCH3 is 1. The topological polar surface area (TPSA) is 9.23 Å². The van der Waals surface area contributed by atoms with E-state index in [9.17, 15) is 0 Å². The van der Waals surface area contributed by atoms with E-state index in [1.54, 1.807) is 7.11 Å². The number of benzene rings is 1. The predicted octanol–water partition coefficient (Wildman–Crippen LogP) is 4.76. The summed E-state index contributed by atoms with van der Waals surface area (Å²) in [5.74, 6) is 0.923. The van der Waals surface area contributed by atoms with Crippen molar-refractivity contribution in [2.24, 2.45) is 0 Å². The van der Waals surface area contributed by atoms with Crippen LogP contribution in [-0.4, -0.2) is 15.2 Å². The molecular weight excluding hydrogens is 224 g/mol. The molecule has 0 N–H and O–H groups in total. The molecule has 1 aromatic carbocycles. The molecule has 0 saturated heterocycles. The van der Waals surface area contributed by atoms with Gasteiger partial charge in [-0.2, -0.15) is 0 Å². The summed E-state index contributed by atoms with van der Waals surface area (Å²) in [6, 6.07) is 12.3. The summed E-state index contributed by atoms with van der Waals surface area (Å²) >= 11 is 0. The van der Waals surface area contributed by atoms with Crippen LogP contribution in [0.25, 0.3) is 6.08 Å². The van der Waals surface area contributed by atoms with Crippen molar-refractivity contribution in [1.29, 1.82) is 0 Å². The van der Waals surface area contributed by atoms with Crippen LogP contribution in [0.1, 0.15) is 26.3 Å². The highest BCUT2D eigenvalue weighted by Crippen LogP contribution is 2.23. The fourth-order valence-electron chi connectivity index (χ4n) is 2.09. The molecule has 0 heterocycles. The van der Waals surface area contributed by atoms with E-state index in [1.165, 1.54) is 23.7 Å². The molecule has 2 heteroatoms. The van der Waals surface area contributed by atoms with E-state index in [2.05, 4.69) is 44.7 Å². The van der Waals surface area contributed by atoms with Crippen molar-refractivity contribution in [2.45, 2.75) is 38.9 Å². The van der Waals surface area contributed by atoms with Crippen molar-refractivity contribution >= 4 is 14.1 Å². The normalized spacial score (nSPS) is 12.0. The summed E-state index contributed by atoms with van der Waals surface area (Å²) in [5, 5.41) is 0. The van der Waals surface area contributed by atoms with Gasteiger partial charge in [0.15, 0.2) is 0 Å². The smallest absolute Gasteiger partial charge is 0.118 e. The highest BCUT2D eigenvalue weighted by molar-refractivity contribution is 6.84. The molecule has 0 aliphatic rings. The van der Waals surface area contributed by atoms with Crippen LogP contribution in [0.15, 0.2) is 30.0 Å². The van der Waals surface area contributed by atoms with Gasteiger partial charge in [-0.25, -0.2) is 0 Å². The van der Waals surface area contributed by atoms with Crippen molar-refractivity contribution in [3.8, 4) is 5.75 Å². The van der Waals surface area contributed by atoms with Gasteiger partial charge in [0.05, 0.1) is 15.2 Å². The molecule has 0 aliphatic carbocycles. The Bertz CT molecular complexity index is 341. The van der Waals surface area contributed by atoms with Crippen molar-refractivity contribution in [1.82, 2.24) is 0 Å². The van der Waals surface area contributed by atoms with Gasteiger partial charge in [-0.15, -0.1) is 0 Å². The first-order chi connectivity index (χ1) is 8.19. The lowest BCUT2D eigenvalue weighted by atomic mass is 10.2. The Morgan fingerprint density at radius 3 is 1.94 bits per heavy atom. The lowest BCUT2D eigenvalue weighted by Gasteiger charge is -2.23. The predicted molar refractivity (Wildman–Crippen MR) is 79.2 cm³/mol. The molecule has 0 unspecified atom stereocenters. The van der Waals surface area contributed by atoms with Crippen LogP contribution >= 0.6 is 0 Å². The summed E-state index contributed by atoms with van der Waals surface area (Å²) in [6.45, 7) is 6.99. The lowest BCUT2D eigenvalue weighted by Crippen LogP contribution is -2.28. The Labute approximate surface area is 107 Å². The zero-order valence-corrected chi connectivity index (χ0v) is 12.5. The minimum absolute atomic E-state index is 0.923. The third kappa shape index (κ3) is 3.74. The van der Waals surface area contributed by atoms with Crippen LogP contribution in [0.2, 0.25) is 18.1 Å². The largest absolute Gasteiger partial charge is 0.497 e. The Morgan fingerprint density at radius 1 is 1.00 bits per heavy atom. The standard InChI is InChI=1S/C15H24OSi/c1-5-17(6-2,7-3)13-12-14-8-10-15(16-4)11-9-14/h8-13H,5-7H2,1-4H3/b13-12+. The van der Waals surface area contributed by atoms with E-state index >= 15 is 0 Å². The molecular formula is C15H24OSi. The molecule has 0 atom stereocenters. The quantitative estimate of drug-likeness (QED) is 0.660. The molecule has 1 aromatic rings. The summed E-state index contributed by atoms with van der Waals surface area (Å²) in [7, 11) is 0.569. The molecule has 17 heavy (non-hydrogen) atoms. The molecule has 0 aromatic heterocycles. The van der Waals surface area contributed by atoms with Gasteiger partial charge in [-0.3, -0.25) is 0 Å². The number of rotatable bonds is 6. The van der Waals surface area contributed by atoms with Crippen LogP contribution in [0, 0.1) is 0 Å². The van der Waals surface area contributed by atoms with Crippen molar-refractivity contribution < 1.29 is 4.74 Å². The molecule has 94 valence electrons. The molecule has 0 fully saturated rings. The summed E-state index contributed by atoms with van der Waals surface area (Å²) in [4.78, 5) is 0. The monoisotopic (exact) mass is 248 g/mol. The second-order valence-electron chi connectivity index (χ2n) is 4.53. The third-order valence-corrected chi connectivity index (χ3v) is 8.96. The summed E-state index contributed by atoms with van der Waals surface area (Å²) < 4.78 is 5.16. The Hall–Kier alpha value is -1.02. The van der Waals surface area contributed by atoms with Gasteiger partial charge >= 0.3 is 0 Å². The zero-order chi connectivity index (χ0) is 12.7. The molecule has 0 radical (unpaired) electrons. The van der Waals surface area contributed by atoms with Crippen LogP contribution in [0.4, 0.5) is 0 Å². The van der Waals surface area contributed by atoms with Gasteiger partial charge in [0, 0.05) is 0 Å². The Morgan fingerprint density at radius 2 is 1.53 bits per heavy atom. The Kier molecular flexibility index (Phi) is 5.49. The van der Waals surface area contributed by atoms with Gasteiger partial charge in [0.2, 0.25) is 0 Å². The zero-order valence-electron chi connectivity index (χ0n) is 11.5. The van der Waals surface area contributed by atoms with E-state index in [0.29, 0.717) is 0 Å². The molecule has 0 saturated carbocycles. The van der Waals surface area contributed by atoms with Crippen LogP contribution in [-0.2, 0) is 0 Å². The maximum absolute atomic E-state index is 5.16. The van der Waals surface area contributed by atoms with Gasteiger partial charge in [0.1, 0.15) is 5.75 Å². The molecule has 0 amide bonds. The SMILES string of the molecule is CC[Si](/C=C/c1ccc(OC)cc1)(CC)CC. The second-order valence-corrected chi connectivity index (χ2v) is 9.71. The lowest BCUT2D eigenvalue weighted by molar-refractivity contribution is 0.415. The van der Waals surface area contributed by atoms with Crippen LogP contribution < -0.4 is 4.74 Å². The fourth-order valence-corrected chi connectivity index (χ4v) is 4.84. The first kappa shape index (κ1) is 14.0. The summed E-state index contributed by atoms with van der Waals surface area (Å²) in [5.41, 5.74) is 3.78. The third-order valence-electron chi connectivity index (χ3n) is 3.86. The van der Waals surface area contributed by atoms with Gasteiger partial charge < -0.3 is 4.74 Å². The average Bonchev–Trinajstić information content (AvgIpc) is 2.41. The van der Waals surface area contributed by atoms with E-state index in [-0.39, 0.29) is 0 Å². The van der Waals surface area contributed by atoms with Crippen LogP contribution in [0.5, 0.6) is 5.75 Å². The van der Waals surface area contributed by atoms with E-state index in [0.717, 1.165) is 5.75 Å². The molecule has 0 bridgehead atoms. The molecule has 1 nitrogen and oxygen atoms in total. The number of ether oxygens (including phenoxy) is 1. The van der Waals surface area contributed by atoms with Gasteiger partial charge in [0.25, 0.3) is 0 Å². The average molecular weight is 248 g/mol. The molecule has 0 spiro atoms. The van der Waals surface area contributed by atoms with Crippen molar-refractivity contribution in [2.75, 3.05) is 7.11 Å². The first-order valence-corrected chi connectivity index (χ1v) is 9.23. The number of hydrogen-bond donors (Lipinski definition) is 0. The van der Waals surface area contributed by atoms with E-state index in [4.69, 9.17) is 4.74 Å². The van der Waals surface area contributed by atoms with Crippen LogP contribution in [0.3, 0.4) is 0 Å². The Balaban J connectivity index is 2.80. The molecule has 1 rings (SSSR count). The van der Waals surface area contributed by atoms with Gasteiger partial charge in [-0.05, 0) is 17.7 Å². The number of hydrogen-bond acceptors (Lipinski definition) is 1. The second kappa shape index (κ2) is 6.65. The van der Waals surface area contributed by atoms with E-state index in [1.807, 2.05) is 12.1 Å². The van der Waals surface area contributed by atoms with E-state index < -0.39 is 8.07 Å². The van der Waals surface area contributed by atoms with Crippen molar-refractivity contribution in [3.05, 3.63) is 35.5 Å². The van der Waals surface area contributed by atoms with Gasteiger partial charge in [-0.1, -0.05) is 62.8 Å². The minimum atomic E-state index is -1.13. The first-order valence-electron chi connectivity index (χ1n) is 6.53.